The second-order valence-electron chi connectivity index (χ2n) is 3.43. The minimum atomic E-state index is 0.365. The van der Waals surface area contributed by atoms with E-state index in [1.54, 1.807) is 6.07 Å². The van der Waals surface area contributed by atoms with Crippen LogP contribution in [0, 0.1) is 5.92 Å². The van der Waals surface area contributed by atoms with Crippen molar-refractivity contribution in [2.45, 2.75) is 6.92 Å². The van der Waals surface area contributed by atoms with Gasteiger partial charge < -0.3 is 10.4 Å². The van der Waals surface area contributed by atoms with Crippen LogP contribution in [0.4, 0.5) is 0 Å². The number of hydrogen-bond donors (Lipinski definition) is 2. The first-order chi connectivity index (χ1) is 6.29. The predicted molar refractivity (Wildman–Crippen MR) is 53.3 cm³/mol. The molecule has 0 aliphatic carbocycles. The Morgan fingerprint density at radius 2 is 2.15 bits per heavy atom. The van der Waals surface area contributed by atoms with Gasteiger partial charge in [0.2, 0.25) is 0 Å². The van der Waals surface area contributed by atoms with Crippen molar-refractivity contribution in [1.82, 2.24) is 5.32 Å². The second kappa shape index (κ2) is 3.13. The van der Waals surface area contributed by atoms with Crippen molar-refractivity contribution in [3.63, 3.8) is 0 Å². The summed E-state index contributed by atoms with van der Waals surface area (Å²) in [5.74, 6) is 0.845. The van der Waals surface area contributed by atoms with E-state index in [-0.39, 0.29) is 0 Å². The SMILES string of the molecule is CC1CNC=C1c1ccccc1O. The lowest BCUT2D eigenvalue weighted by atomic mass is 9.96. The second-order valence-corrected chi connectivity index (χ2v) is 3.43. The molecule has 68 valence electrons. The third-order valence-corrected chi connectivity index (χ3v) is 2.43. The van der Waals surface area contributed by atoms with Crippen LogP contribution in [0.3, 0.4) is 0 Å². The largest absolute Gasteiger partial charge is 0.507 e. The molecule has 0 saturated carbocycles. The molecule has 0 aromatic heterocycles. The van der Waals surface area contributed by atoms with Gasteiger partial charge in [0, 0.05) is 24.2 Å². The molecule has 0 saturated heterocycles. The molecular weight excluding hydrogens is 162 g/mol. The van der Waals surface area contributed by atoms with E-state index >= 15 is 0 Å². The van der Waals surface area contributed by atoms with Crippen LogP contribution in [-0.2, 0) is 0 Å². The van der Waals surface area contributed by atoms with E-state index in [1.165, 1.54) is 5.57 Å². The molecule has 1 aromatic carbocycles. The topological polar surface area (TPSA) is 32.3 Å². The number of rotatable bonds is 1. The zero-order valence-corrected chi connectivity index (χ0v) is 7.62. The number of phenolic OH excluding ortho intramolecular Hbond substituents is 1. The zero-order valence-electron chi connectivity index (χ0n) is 7.62. The molecule has 2 heteroatoms. The number of aromatic hydroxyl groups is 1. The first kappa shape index (κ1) is 8.17. The molecular formula is C11H13NO. The molecule has 2 rings (SSSR count). The fourth-order valence-corrected chi connectivity index (χ4v) is 1.66. The molecule has 13 heavy (non-hydrogen) atoms. The van der Waals surface area contributed by atoms with Gasteiger partial charge in [0.15, 0.2) is 0 Å². The van der Waals surface area contributed by atoms with Gasteiger partial charge in [-0.25, -0.2) is 0 Å². The van der Waals surface area contributed by atoms with Gasteiger partial charge in [-0.15, -0.1) is 0 Å². The summed E-state index contributed by atoms with van der Waals surface area (Å²) in [4.78, 5) is 0. The first-order valence-corrected chi connectivity index (χ1v) is 4.51. The maximum Gasteiger partial charge on any atom is 0.123 e. The van der Waals surface area contributed by atoms with Gasteiger partial charge in [0.1, 0.15) is 5.75 Å². The summed E-state index contributed by atoms with van der Waals surface area (Å²) in [6, 6.07) is 7.46. The molecule has 0 fully saturated rings. The summed E-state index contributed by atoms with van der Waals surface area (Å²) in [7, 11) is 0. The lowest BCUT2D eigenvalue weighted by Crippen LogP contribution is -2.06. The lowest BCUT2D eigenvalue weighted by molar-refractivity contribution is 0.473. The summed E-state index contributed by atoms with van der Waals surface area (Å²) in [5.41, 5.74) is 2.14. The van der Waals surface area contributed by atoms with E-state index in [0.717, 1.165) is 12.1 Å². The highest BCUT2D eigenvalue weighted by Gasteiger charge is 2.17. The molecule has 2 N–H and O–H groups in total. The van der Waals surface area contributed by atoms with Crippen LogP contribution in [0.15, 0.2) is 30.5 Å². The van der Waals surface area contributed by atoms with Crippen LogP contribution < -0.4 is 5.32 Å². The lowest BCUT2D eigenvalue weighted by Gasteiger charge is -2.09. The van der Waals surface area contributed by atoms with Crippen molar-refractivity contribution in [2.75, 3.05) is 6.54 Å². The summed E-state index contributed by atoms with van der Waals surface area (Å²) in [6.45, 7) is 3.11. The Morgan fingerprint density at radius 1 is 1.38 bits per heavy atom. The standard InChI is InChI=1S/C11H13NO/c1-8-6-12-7-10(8)9-4-2-3-5-11(9)13/h2-5,7-8,12-13H,6H2,1H3. The maximum atomic E-state index is 9.62. The molecule has 1 aliphatic rings. The summed E-state index contributed by atoms with van der Waals surface area (Å²) in [6.07, 6.45) is 1.99. The predicted octanol–water partition coefficient (Wildman–Crippen LogP) is 1.97. The minimum absolute atomic E-state index is 0.365. The molecule has 0 amide bonds. The smallest absolute Gasteiger partial charge is 0.123 e. The van der Waals surface area contributed by atoms with Gasteiger partial charge in [-0.05, 0) is 11.6 Å². The van der Waals surface area contributed by atoms with Gasteiger partial charge in [-0.2, -0.15) is 0 Å². The van der Waals surface area contributed by atoms with Gasteiger partial charge in [0.25, 0.3) is 0 Å². The molecule has 1 aliphatic heterocycles. The normalized spacial score (nSPS) is 21.0. The highest BCUT2D eigenvalue weighted by Crippen LogP contribution is 2.31. The molecule has 0 spiro atoms. The molecule has 1 heterocycles. The van der Waals surface area contributed by atoms with Gasteiger partial charge in [0.05, 0.1) is 0 Å². The van der Waals surface area contributed by atoms with E-state index in [2.05, 4.69) is 12.2 Å². The van der Waals surface area contributed by atoms with E-state index in [9.17, 15) is 5.11 Å². The van der Waals surface area contributed by atoms with Crippen molar-refractivity contribution in [3.05, 3.63) is 36.0 Å². The summed E-state index contributed by atoms with van der Waals surface area (Å²) >= 11 is 0. The van der Waals surface area contributed by atoms with Gasteiger partial charge >= 0.3 is 0 Å². The van der Waals surface area contributed by atoms with Gasteiger partial charge in [-0.1, -0.05) is 25.1 Å². The van der Waals surface area contributed by atoms with Crippen molar-refractivity contribution < 1.29 is 5.11 Å². The summed E-state index contributed by atoms with van der Waals surface area (Å²) in [5, 5.41) is 12.8. The number of nitrogens with one attached hydrogen (secondary N) is 1. The average Bonchev–Trinajstić information content (AvgIpc) is 2.52. The van der Waals surface area contributed by atoms with E-state index in [0.29, 0.717) is 11.7 Å². The Labute approximate surface area is 77.9 Å². The molecule has 1 atom stereocenters. The fraction of sp³-hybridized carbons (Fsp3) is 0.273. The van der Waals surface area contributed by atoms with Crippen LogP contribution in [0.2, 0.25) is 0 Å². The fourth-order valence-electron chi connectivity index (χ4n) is 1.66. The van der Waals surface area contributed by atoms with Crippen molar-refractivity contribution in [1.29, 1.82) is 0 Å². The maximum absolute atomic E-state index is 9.62. The quantitative estimate of drug-likeness (QED) is 0.684. The Kier molecular flexibility index (Phi) is 1.97. The van der Waals surface area contributed by atoms with E-state index < -0.39 is 0 Å². The molecule has 1 unspecified atom stereocenters. The average molecular weight is 175 g/mol. The Bertz CT molecular complexity index is 344. The highest BCUT2D eigenvalue weighted by atomic mass is 16.3. The van der Waals surface area contributed by atoms with Crippen LogP contribution in [0.25, 0.3) is 5.57 Å². The van der Waals surface area contributed by atoms with Crippen molar-refractivity contribution in [2.24, 2.45) is 5.92 Å². The summed E-state index contributed by atoms with van der Waals surface area (Å²) < 4.78 is 0. The van der Waals surface area contributed by atoms with E-state index in [1.807, 2.05) is 24.4 Å². The van der Waals surface area contributed by atoms with Crippen LogP contribution in [-0.4, -0.2) is 11.7 Å². The molecule has 0 bridgehead atoms. The number of hydrogen-bond acceptors (Lipinski definition) is 2. The number of benzene rings is 1. The Balaban J connectivity index is 2.40. The Morgan fingerprint density at radius 3 is 2.77 bits per heavy atom. The zero-order chi connectivity index (χ0) is 9.26. The van der Waals surface area contributed by atoms with Crippen LogP contribution in [0.1, 0.15) is 12.5 Å². The molecule has 0 radical (unpaired) electrons. The van der Waals surface area contributed by atoms with E-state index in [4.69, 9.17) is 0 Å². The molecule has 2 nitrogen and oxygen atoms in total. The van der Waals surface area contributed by atoms with Crippen molar-refractivity contribution in [3.8, 4) is 5.75 Å². The minimum Gasteiger partial charge on any atom is -0.507 e. The third-order valence-electron chi connectivity index (χ3n) is 2.43. The molecule has 1 aromatic rings. The first-order valence-electron chi connectivity index (χ1n) is 4.51. The third kappa shape index (κ3) is 1.39. The van der Waals surface area contributed by atoms with Crippen molar-refractivity contribution >= 4 is 5.57 Å². The Hall–Kier alpha value is -1.44. The highest BCUT2D eigenvalue weighted by molar-refractivity contribution is 5.72. The monoisotopic (exact) mass is 175 g/mol. The number of para-hydroxylation sites is 1. The van der Waals surface area contributed by atoms with Crippen LogP contribution >= 0.6 is 0 Å². The van der Waals surface area contributed by atoms with Crippen LogP contribution in [0.5, 0.6) is 5.75 Å². The van der Waals surface area contributed by atoms with Gasteiger partial charge in [-0.3, -0.25) is 0 Å². The number of phenols is 1.